The number of rotatable bonds is 5. The number of hydrogen-bond acceptors (Lipinski definition) is 4. The summed E-state index contributed by atoms with van der Waals surface area (Å²) in [4.78, 5) is 0. The van der Waals surface area contributed by atoms with Crippen molar-refractivity contribution in [2.24, 2.45) is 5.84 Å². The summed E-state index contributed by atoms with van der Waals surface area (Å²) in [6, 6.07) is 5.98. The number of hydrazine groups is 1. The molecule has 1 atom stereocenters. The van der Waals surface area contributed by atoms with Gasteiger partial charge < -0.3 is 9.47 Å². The third-order valence-corrected chi connectivity index (χ3v) is 2.37. The Morgan fingerprint density at radius 1 is 1.40 bits per heavy atom. The Morgan fingerprint density at radius 3 is 2.67 bits per heavy atom. The average Bonchev–Trinajstić information content (AvgIpc) is 2.27. The molecule has 0 spiro atoms. The average molecular weight is 210 g/mol. The minimum Gasteiger partial charge on any atom is -0.496 e. The van der Waals surface area contributed by atoms with Crippen LogP contribution in [0.5, 0.6) is 5.75 Å². The van der Waals surface area contributed by atoms with E-state index in [1.807, 2.05) is 25.1 Å². The quantitative estimate of drug-likeness (QED) is 0.565. The Kier molecular flexibility index (Phi) is 4.55. The highest BCUT2D eigenvalue weighted by Gasteiger charge is 2.10. The summed E-state index contributed by atoms with van der Waals surface area (Å²) in [5.41, 5.74) is 4.87. The van der Waals surface area contributed by atoms with Gasteiger partial charge in [0.25, 0.3) is 0 Å². The predicted octanol–water partition coefficient (Wildman–Crippen LogP) is 1.15. The molecule has 84 valence electrons. The third kappa shape index (κ3) is 2.92. The Hall–Kier alpha value is -1.10. The molecule has 1 unspecified atom stereocenters. The highest BCUT2D eigenvalue weighted by molar-refractivity contribution is 5.37. The lowest BCUT2D eigenvalue weighted by Crippen LogP contribution is -2.31. The summed E-state index contributed by atoms with van der Waals surface area (Å²) < 4.78 is 10.3. The molecule has 4 heteroatoms. The van der Waals surface area contributed by atoms with Crippen molar-refractivity contribution in [2.45, 2.75) is 13.0 Å². The third-order valence-electron chi connectivity index (χ3n) is 2.37. The van der Waals surface area contributed by atoms with Crippen LogP contribution in [0.4, 0.5) is 0 Å². The standard InChI is InChI=1S/C11H18N2O2/c1-8-4-5-9(6-11(8)15-3)10(13-12)7-14-2/h4-6,10,13H,7,12H2,1-3H3. The van der Waals surface area contributed by atoms with E-state index in [1.54, 1.807) is 14.2 Å². The number of nitrogens with two attached hydrogens (primary N) is 1. The molecule has 3 N–H and O–H groups in total. The van der Waals surface area contributed by atoms with Crippen LogP contribution in [0.1, 0.15) is 17.2 Å². The second kappa shape index (κ2) is 5.70. The van der Waals surface area contributed by atoms with E-state index in [0.29, 0.717) is 6.61 Å². The van der Waals surface area contributed by atoms with E-state index < -0.39 is 0 Å². The Bertz CT molecular complexity index is 315. The Labute approximate surface area is 90.3 Å². The molecule has 0 aliphatic heterocycles. The molecule has 1 aromatic carbocycles. The van der Waals surface area contributed by atoms with Gasteiger partial charge in [-0.1, -0.05) is 12.1 Å². The van der Waals surface area contributed by atoms with Gasteiger partial charge in [-0.2, -0.15) is 0 Å². The number of hydrogen-bond donors (Lipinski definition) is 2. The van der Waals surface area contributed by atoms with Crippen molar-refractivity contribution in [1.82, 2.24) is 5.43 Å². The summed E-state index contributed by atoms with van der Waals surface area (Å²) >= 11 is 0. The van der Waals surface area contributed by atoms with Gasteiger partial charge >= 0.3 is 0 Å². The molecule has 0 saturated carbocycles. The van der Waals surface area contributed by atoms with Gasteiger partial charge in [0, 0.05) is 7.11 Å². The first-order valence-corrected chi connectivity index (χ1v) is 4.82. The van der Waals surface area contributed by atoms with E-state index in [4.69, 9.17) is 15.3 Å². The molecule has 0 fully saturated rings. The van der Waals surface area contributed by atoms with Crippen molar-refractivity contribution in [3.05, 3.63) is 29.3 Å². The van der Waals surface area contributed by atoms with E-state index >= 15 is 0 Å². The maximum atomic E-state index is 5.45. The van der Waals surface area contributed by atoms with Gasteiger partial charge in [0.2, 0.25) is 0 Å². The van der Waals surface area contributed by atoms with Gasteiger partial charge in [0.15, 0.2) is 0 Å². The van der Waals surface area contributed by atoms with Gasteiger partial charge in [-0.3, -0.25) is 11.3 Å². The van der Waals surface area contributed by atoms with E-state index in [2.05, 4.69) is 5.43 Å². The SMILES string of the molecule is COCC(NN)c1ccc(C)c(OC)c1. The first-order valence-electron chi connectivity index (χ1n) is 4.82. The summed E-state index contributed by atoms with van der Waals surface area (Å²) in [5.74, 6) is 6.31. The molecule has 4 nitrogen and oxygen atoms in total. The maximum absolute atomic E-state index is 5.45. The Morgan fingerprint density at radius 2 is 2.13 bits per heavy atom. The molecule has 0 aliphatic rings. The minimum atomic E-state index is -0.00972. The van der Waals surface area contributed by atoms with E-state index in [9.17, 15) is 0 Å². The monoisotopic (exact) mass is 210 g/mol. The molecule has 0 aliphatic carbocycles. The first kappa shape index (κ1) is 12.0. The topological polar surface area (TPSA) is 56.5 Å². The van der Waals surface area contributed by atoms with Crippen LogP contribution in [0.2, 0.25) is 0 Å². The van der Waals surface area contributed by atoms with E-state index in [1.165, 1.54) is 0 Å². The molecule has 1 rings (SSSR count). The van der Waals surface area contributed by atoms with Crippen LogP contribution in [-0.4, -0.2) is 20.8 Å². The predicted molar refractivity (Wildman–Crippen MR) is 59.7 cm³/mol. The number of nitrogens with one attached hydrogen (secondary N) is 1. The van der Waals surface area contributed by atoms with Crippen LogP contribution in [0, 0.1) is 6.92 Å². The van der Waals surface area contributed by atoms with Crippen LogP contribution in [0.3, 0.4) is 0 Å². The summed E-state index contributed by atoms with van der Waals surface area (Å²) in [5, 5.41) is 0. The first-order chi connectivity index (χ1) is 7.22. The zero-order valence-electron chi connectivity index (χ0n) is 9.41. The summed E-state index contributed by atoms with van der Waals surface area (Å²) in [6.45, 7) is 2.53. The van der Waals surface area contributed by atoms with Gasteiger partial charge in [-0.25, -0.2) is 0 Å². The second-order valence-electron chi connectivity index (χ2n) is 3.40. The lowest BCUT2D eigenvalue weighted by molar-refractivity contribution is 0.167. The molecule has 0 saturated heterocycles. The highest BCUT2D eigenvalue weighted by Crippen LogP contribution is 2.22. The molecular formula is C11H18N2O2. The fraction of sp³-hybridized carbons (Fsp3) is 0.455. The van der Waals surface area contributed by atoms with Crippen molar-refractivity contribution in [3.63, 3.8) is 0 Å². The fourth-order valence-electron chi connectivity index (χ4n) is 1.46. The van der Waals surface area contributed by atoms with Gasteiger partial charge in [-0.15, -0.1) is 0 Å². The molecule has 1 aromatic rings. The Balaban J connectivity index is 2.92. The summed E-state index contributed by atoms with van der Waals surface area (Å²) in [7, 11) is 3.31. The fourth-order valence-corrected chi connectivity index (χ4v) is 1.46. The largest absolute Gasteiger partial charge is 0.496 e. The number of ether oxygens (including phenoxy) is 2. The van der Waals surface area contributed by atoms with Gasteiger partial charge in [-0.05, 0) is 24.1 Å². The molecule has 15 heavy (non-hydrogen) atoms. The van der Waals surface area contributed by atoms with Crippen molar-refractivity contribution in [1.29, 1.82) is 0 Å². The zero-order chi connectivity index (χ0) is 11.3. The molecule has 0 radical (unpaired) electrons. The molecule has 0 bridgehead atoms. The number of benzene rings is 1. The van der Waals surface area contributed by atoms with E-state index in [0.717, 1.165) is 16.9 Å². The second-order valence-corrected chi connectivity index (χ2v) is 3.40. The zero-order valence-corrected chi connectivity index (χ0v) is 9.41. The molecule has 0 amide bonds. The molecular weight excluding hydrogens is 192 g/mol. The number of aryl methyl sites for hydroxylation is 1. The van der Waals surface area contributed by atoms with Crippen molar-refractivity contribution in [2.75, 3.05) is 20.8 Å². The summed E-state index contributed by atoms with van der Waals surface area (Å²) in [6.07, 6.45) is 0. The number of methoxy groups -OCH3 is 2. The molecule has 0 heterocycles. The van der Waals surface area contributed by atoms with Crippen LogP contribution in [-0.2, 0) is 4.74 Å². The van der Waals surface area contributed by atoms with Gasteiger partial charge in [0.05, 0.1) is 19.8 Å². The molecule has 0 aromatic heterocycles. The van der Waals surface area contributed by atoms with Crippen LogP contribution in [0.25, 0.3) is 0 Å². The maximum Gasteiger partial charge on any atom is 0.122 e. The minimum absolute atomic E-state index is 0.00972. The van der Waals surface area contributed by atoms with Crippen molar-refractivity contribution >= 4 is 0 Å². The van der Waals surface area contributed by atoms with Crippen molar-refractivity contribution < 1.29 is 9.47 Å². The highest BCUT2D eigenvalue weighted by atomic mass is 16.5. The van der Waals surface area contributed by atoms with E-state index in [-0.39, 0.29) is 6.04 Å². The van der Waals surface area contributed by atoms with Crippen molar-refractivity contribution in [3.8, 4) is 5.75 Å². The lowest BCUT2D eigenvalue weighted by Gasteiger charge is -2.16. The lowest BCUT2D eigenvalue weighted by atomic mass is 10.1. The normalized spacial score (nSPS) is 12.5. The van der Waals surface area contributed by atoms with Crippen LogP contribution < -0.4 is 16.0 Å². The smallest absolute Gasteiger partial charge is 0.122 e. The van der Waals surface area contributed by atoms with Crippen LogP contribution >= 0.6 is 0 Å². The van der Waals surface area contributed by atoms with Crippen LogP contribution in [0.15, 0.2) is 18.2 Å². The van der Waals surface area contributed by atoms with Gasteiger partial charge in [0.1, 0.15) is 5.75 Å².